The number of nitrogens with one attached hydrogen (secondary N) is 2. The minimum absolute atomic E-state index is 0.204. The number of rotatable bonds is 2. The van der Waals surface area contributed by atoms with Crippen molar-refractivity contribution in [2.45, 2.75) is 0 Å². The van der Waals surface area contributed by atoms with Crippen LogP contribution in [-0.4, -0.2) is 27.9 Å². The van der Waals surface area contributed by atoms with Crippen LogP contribution in [0.15, 0.2) is 23.7 Å². The summed E-state index contributed by atoms with van der Waals surface area (Å²) in [6, 6.07) is 4.31. The zero-order valence-corrected chi connectivity index (χ0v) is 10.2. The number of hydrogen-bond acceptors (Lipinski definition) is 6. The Kier molecular flexibility index (Phi) is 2.57. The summed E-state index contributed by atoms with van der Waals surface area (Å²) in [4.78, 5) is 34.8. The van der Waals surface area contributed by atoms with E-state index in [1.807, 2.05) is 0 Å². The number of aromatic nitrogens is 2. The van der Waals surface area contributed by atoms with Crippen molar-refractivity contribution in [2.24, 2.45) is 0 Å². The predicted molar refractivity (Wildman–Crippen MR) is 66.1 cm³/mol. The van der Waals surface area contributed by atoms with Crippen LogP contribution in [-0.2, 0) is 0 Å². The number of fused-ring (bicyclic) bond motifs is 1. The zero-order valence-electron chi connectivity index (χ0n) is 9.34. The molecule has 1 aromatic heterocycles. The van der Waals surface area contributed by atoms with Crippen LogP contribution in [0, 0.1) is 0 Å². The second kappa shape index (κ2) is 4.25. The van der Waals surface area contributed by atoms with Crippen molar-refractivity contribution in [3.05, 3.63) is 40.4 Å². The molecule has 1 aliphatic heterocycles. The summed E-state index contributed by atoms with van der Waals surface area (Å²) in [5.41, 5.74) is 2.25. The van der Waals surface area contributed by atoms with Gasteiger partial charge in [0.15, 0.2) is 0 Å². The molecule has 3 amide bonds. The van der Waals surface area contributed by atoms with E-state index in [2.05, 4.69) is 20.8 Å². The number of anilines is 1. The van der Waals surface area contributed by atoms with E-state index in [0.717, 1.165) is 0 Å². The SMILES string of the molecule is O=C(Nc1nncs1)c1ccc2c(c1)C(=O)NC2=O. The van der Waals surface area contributed by atoms with E-state index >= 15 is 0 Å². The number of hydrogen-bond donors (Lipinski definition) is 2. The Morgan fingerprint density at radius 3 is 2.74 bits per heavy atom. The normalized spacial score (nSPS) is 13.1. The summed E-state index contributed by atoms with van der Waals surface area (Å²) in [7, 11) is 0. The van der Waals surface area contributed by atoms with Gasteiger partial charge in [-0.25, -0.2) is 0 Å². The first-order chi connectivity index (χ1) is 9.15. The third kappa shape index (κ3) is 1.97. The smallest absolute Gasteiger partial charge is 0.258 e. The van der Waals surface area contributed by atoms with Gasteiger partial charge in [-0.2, -0.15) is 0 Å². The first-order valence-corrected chi connectivity index (χ1v) is 6.10. The van der Waals surface area contributed by atoms with Crippen molar-refractivity contribution in [3.8, 4) is 0 Å². The molecule has 0 radical (unpaired) electrons. The molecule has 7 nitrogen and oxygen atoms in total. The lowest BCUT2D eigenvalue weighted by atomic mass is 10.1. The Balaban J connectivity index is 1.91. The van der Waals surface area contributed by atoms with Crippen LogP contribution < -0.4 is 10.6 Å². The number of amides is 3. The first-order valence-electron chi connectivity index (χ1n) is 5.22. The molecule has 0 atom stereocenters. The highest BCUT2D eigenvalue weighted by molar-refractivity contribution is 7.13. The van der Waals surface area contributed by atoms with E-state index in [0.29, 0.717) is 5.13 Å². The van der Waals surface area contributed by atoms with Crippen LogP contribution in [0.1, 0.15) is 31.1 Å². The van der Waals surface area contributed by atoms with Gasteiger partial charge in [0.25, 0.3) is 17.7 Å². The lowest BCUT2D eigenvalue weighted by Crippen LogP contribution is -2.19. The Hall–Kier alpha value is -2.61. The molecule has 0 aliphatic carbocycles. The molecule has 0 saturated heterocycles. The Bertz CT molecular complexity index is 696. The summed E-state index contributed by atoms with van der Waals surface area (Å²) >= 11 is 1.18. The predicted octanol–water partition coefficient (Wildman–Crippen LogP) is 0.674. The molecule has 0 bridgehead atoms. The summed E-state index contributed by atoms with van der Waals surface area (Å²) < 4.78 is 0. The van der Waals surface area contributed by atoms with Crippen molar-refractivity contribution >= 4 is 34.2 Å². The Morgan fingerprint density at radius 1 is 1.21 bits per heavy atom. The molecule has 1 aliphatic rings. The minimum atomic E-state index is -0.495. The van der Waals surface area contributed by atoms with Gasteiger partial charge in [-0.05, 0) is 18.2 Å². The number of benzene rings is 1. The maximum Gasteiger partial charge on any atom is 0.258 e. The molecule has 0 saturated carbocycles. The standard InChI is InChI=1S/C11H6N4O3S/c16-8(14-11-15-12-4-19-11)5-1-2-6-7(3-5)10(18)13-9(6)17/h1-4H,(H,13,17,18)(H,14,15,16). The molecule has 0 spiro atoms. The van der Waals surface area contributed by atoms with E-state index < -0.39 is 17.7 Å². The lowest BCUT2D eigenvalue weighted by Gasteiger charge is -2.02. The van der Waals surface area contributed by atoms with Crippen molar-refractivity contribution in [1.29, 1.82) is 0 Å². The van der Waals surface area contributed by atoms with Gasteiger partial charge < -0.3 is 0 Å². The third-order valence-electron chi connectivity index (χ3n) is 2.58. The van der Waals surface area contributed by atoms with E-state index in [4.69, 9.17) is 0 Å². The van der Waals surface area contributed by atoms with Gasteiger partial charge in [0, 0.05) is 5.56 Å². The Morgan fingerprint density at radius 2 is 2.00 bits per heavy atom. The van der Waals surface area contributed by atoms with E-state index in [1.165, 1.54) is 35.0 Å². The molecule has 0 fully saturated rings. The molecule has 1 aromatic carbocycles. The number of nitrogens with zero attached hydrogens (tertiary/aromatic N) is 2. The van der Waals surface area contributed by atoms with Gasteiger partial charge in [-0.3, -0.25) is 25.0 Å². The molecule has 19 heavy (non-hydrogen) atoms. The zero-order chi connectivity index (χ0) is 13.4. The van der Waals surface area contributed by atoms with E-state index in [-0.39, 0.29) is 16.7 Å². The second-order valence-electron chi connectivity index (χ2n) is 3.74. The van der Waals surface area contributed by atoms with Crippen LogP contribution in [0.3, 0.4) is 0 Å². The average Bonchev–Trinajstić information content (AvgIpc) is 2.99. The van der Waals surface area contributed by atoms with Gasteiger partial charge in [0.05, 0.1) is 11.1 Å². The molecule has 2 heterocycles. The van der Waals surface area contributed by atoms with Gasteiger partial charge in [-0.1, -0.05) is 11.3 Å². The highest BCUT2D eigenvalue weighted by Crippen LogP contribution is 2.18. The fraction of sp³-hybridized carbons (Fsp3) is 0. The lowest BCUT2D eigenvalue weighted by molar-refractivity contribution is 0.0879. The summed E-state index contributed by atoms with van der Waals surface area (Å²) in [5, 5.41) is 12.4. The van der Waals surface area contributed by atoms with Crippen molar-refractivity contribution in [1.82, 2.24) is 15.5 Å². The topological polar surface area (TPSA) is 101 Å². The number of carbonyl (C=O) groups excluding carboxylic acids is 3. The largest absolute Gasteiger partial charge is 0.296 e. The summed E-state index contributed by atoms with van der Waals surface area (Å²) in [5.74, 6) is -1.35. The average molecular weight is 274 g/mol. The maximum absolute atomic E-state index is 11.9. The van der Waals surface area contributed by atoms with Gasteiger partial charge >= 0.3 is 0 Å². The van der Waals surface area contributed by atoms with Crippen LogP contribution in [0.4, 0.5) is 5.13 Å². The van der Waals surface area contributed by atoms with Gasteiger partial charge in [0.1, 0.15) is 5.51 Å². The fourth-order valence-electron chi connectivity index (χ4n) is 1.71. The van der Waals surface area contributed by atoms with Crippen molar-refractivity contribution in [3.63, 3.8) is 0 Å². The quantitative estimate of drug-likeness (QED) is 0.784. The van der Waals surface area contributed by atoms with Crippen LogP contribution >= 0.6 is 11.3 Å². The third-order valence-corrected chi connectivity index (χ3v) is 3.19. The van der Waals surface area contributed by atoms with Crippen molar-refractivity contribution < 1.29 is 14.4 Å². The highest BCUT2D eigenvalue weighted by atomic mass is 32.1. The molecule has 2 N–H and O–H groups in total. The van der Waals surface area contributed by atoms with Crippen LogP contribution in [0.25, 0.3) is 0 Å². The first kappa shape index (κ1) is 11.5. The molecule has 0 unspecified atom stereocenters. The molecule has 2 aromatic rings. The molecular formula is C11H6N4O3S. The monoisotopic (exact) mass is 274 g/mol. The molecule has 3 rings (SSSR count). The van der Waals surface area contributed by atoms with Crippen LogP contribution in [0.2, 0.25) is 0 Å². The fourth-order valence-corrected chi connectivity index (χ4v) is 2.15. The van der Waals surface area contributed by atoms with Gasteiger partial charge in [0.2, 0.25) is 5.13 Å². The number of carbonyl (C=O) groups is 3. The van der Waals surface area contributed by atoms with Crippen LogP contribution in [0.5, 0.6) is 0 Å². The molecular weight excluding hydrogens is 268 g/mol. The maximum atomic E-state index is 11.9. The molecule has 94 valence electrons. The summed E-state index contributed by atoms with van der Waals surface area (Å²) in [6.45, 7) is 0. The highest BCUT2D eigenvalue weighted by Gasteiger charge is 2.27. The minimum Gasteiger partial charge on any atom is -0.296 e. The summed E-state index contributed by atoms with van der Waals surface area (Å²) in [6.07, 6.45) is 0. The van der Waals surface area contributed by atoms with E-state index in [1.54, 1.807) is 0 Å². The van der Waals surface area contributed by atoms with E-state index in [9.17, 15) is 14.4 Å². The second-order valence-corrected chi connectivity index (χ2v) is 4.57. The van der Waals surface area contributed by atoms with Gasteiger partial charge in [-0.15, -0.1) is 10.2 Å². The number of imide groups is 1. The Labute approximate surface area is 110 Å². The molecule has 8 heteroatoms. The van der Waals surface area contributed by atoms with Crippen molar-refractivity contribution in [2.75, 3.05) is 5.32 Å².